The largest absolute Gasteiger partial charge is 0.301 e. The molecule has 1 aromatic heterocycles. The van der Waals surface area contributed by atoms with Crippen molar-refractivity contribution in [1.29, 1.82) is 0 Å². The van der Waals surface area contributed by atoms with Gasteiger partial charge in [-0.2, -0.15) is 0 Å². The van der Waals surface area contributed by atoms with Crippen molar-refractivity contribution in [1.82, 2.24) is 14.8 Å². The Kier molecular flexibility index (Phi) is 2.92. The molecule has 0 saturated carbocycles. The standard InChI is InChI=1S/C6H10ClN3O2S/c1-5(3-13(2,11)12)10-4-8-9-6(10)7/h4-5H,3H2,1-2H3. The third kappa shape index (κ3) is 2.96. The third-order valence-corrected chi connectivity index (χ3v) is 2.91. The number of sulfone groups is 1. The Hall–Kier alpha value is -0.620. The molecule has 0 saturated heterocycles. The van der Waals surface area contributed by atoms with Gasteiger partial charge in [0.2, 0.25) is 5.28 Å². The Bertz CT molecular complexity index is 386. The van der Waals surface area contributed by atoms with Gasteiger partial charge in [-0.05, 0) is 18.5 Å². The number of aromatic nitrogens is 3. The maximum absolute atomic E-state index is 11.0. The molecule has 0 N–H and O–H groups in total. The molecular weight excluding hydrogens is 214 g/mol. The lowest BCUT2D eigenvalue weighted by Gasteiger charge is -2.11. The van der Waals surface area contributed by atoms with Crippen LogP contribution >= 0.6 is 11.6 Å². The lowest BCUT2D eigenvalue weighted by Crippen LogP contribution is -2.16. The predicted octanol–water partition coefficient (Wildman–Crippen LogP) is 0.537. The van der Waals surface area contributed by atoms with E-state index in [1.807, 2.05) is 0 Å². The Morgan fingerprint density at radius 1 is 1.69 bits per heavy atom. The summed E-state index contributed by atoms with van der Waals surface area (Å²) >= 11 is 5.66. The summed E-state index contributed by atoms with van der Waals surface area (Å²) in [4.78, 5) is 0. The van der Waals surface area contributed by atoms with Crippen molar-refractivity contribution >= 4 is 21.4 Å². The van der Waals surface area contributed by atoms with Crippen LogP contribution in [0, 0.1) is 0 Å². The van der Waals surface area contributed by atoms with E-state index in [0.29, 0.717) is 0 Å². The van der Waals surface area contributed by atoms with Gasteiger partial charge in [-0.25, -0.2) is 8.42 Å². The van der Waals surface area contributed by atoms with Crippen molar-refractivity contribution in [3.8, 4) is 0 Å². The first-order chi connectivity index (χ1) is 5.90. The van der Waals surface area contributed by atoms with Gasteiger partial charge < -0.3 is 4.57 Å². The minimum absolute atomic E-state index is 0.0325. The van der Waals surface area contributed by atoms with Crippen LogP contribution in [0.1, 0.15) is 13.0 Å². The van der Waals surface area contributed by atoms with Gasteiger partial charge in [0, 0.05) is 12.3 Å². The Labute approximate surface area is 81.6 Å². The monoisotopic (exact) mass is 223 g/mol. The molecular formula is C6H10ClN3O2S. The van der Waals surface area contributed by atoms with E-state index in [0.717, 1.165) is 0 Å². The summed E-state index contributed by atoms with van der Waals surface area (Å²) in [7, 11) is -3.00. The third-order valence-electron chi connectivity index (χ3n) is 1.55. The number of rotatable bonds is 3. The summed E-state index contributed by atoms with van der Waals surface area (Å²) in [5.74, 6) is 0.0325. The van der Waals surface area contributed by atoms with E-state index in [1.54, 1.807) is 6.92 Å². The molecule has 0 fully saturated rings. The molecule has 1 aromatic rings. The second-order valence-electron chi connectivity index (χ2n) is 2.95. The van der Waals surface area contributed by atoms with Gasteiger partial charge in [0.15, 0.2) is 0 Å². The van der Waals surface area contributed by atoms with E-state index < -0.39 is 9.84 Å². The van der Waals surface area contributed by atoms with Crippen molar-refractivity contribution in [3.63, 3.8) is 0 Å². The van der Waals surface area contributed by atoms with E-state index in [1.165, 1.54) is 17.2 Å². The second kappa shape index (κ2) is 3.63. The summed E-state index contributed by atoms with van der Waals surface area (Å²) in [6.45, 7) is 1.75. The lowest BCUT2D eigenvalue weighted by molar-refractivity contribution is 0.561. The molecule has 13 heavy (non-hydrogen) atoms. The fraction of sp³-hybridized carbons (Fsp3) is 0.667. The summed E-state index contributed by atoms with van der Waals surface area (Å²) in [5.41, 5.74) is 0. The van der Waals surface area contributed by atoms with Crippen LogP contribution < -0.4 is 0 Å². The highest BCUT2D eigenvalue weighted by Crippen LogP contribution is 2.13. The number of hydrogen-bond acceptors (Lipinski definition) is 4. The molecule has 0 amide bonds. The van der Waals surface area contributed by atoms with E-state index >= 15 is 0 Å². The molecule has 0 radical (unpaired) electrons. The van der Waals surface area contributed by atoms with Crippen molar-refractivity contribution in [2.45, 2.75) is 13.0 Å². The second-order valence-corrected chi connectivity index (χ2v) is 5.47. The van der Waals surface area contributed by atoms with Crippen LogP contribution in [0.2, 0.25) is 5.28 Å². The van der Waals surface area contributed by atoms with Gasteiger partial charge in [0.1, 0.15) is 16.2 Å². The van der Waals surface area contributed by atoms with Gasteiger partial charge in [-0.1, -0.05) is 0 Å². The first-order valence-electron chi connectivity index (χ1n) is 3.63. The van der Waals surface area contributed by atoms with Gasteiger partial charge in [0.05, 0.1) is 5.75 Å². The molecule has 0 bridgehead atoms. The first kappa shape index (κ1) is 10.5. The molecule has 0 aromatic carbocycles. The molecule has 0 spiro atoms. The van der Waals surface area contributed by atoms with Crippen molar-refractivity contribution in [3.05, 3.63) is 11.6 Å². The van der Waals surface area contributed by atoms with Crippen molar-refractivity contribution in [2.75, 3.05) is 12.0 Å². The highest BCUT2D eigenvalue weighted by Gasteiger charge is 2.14. The molecule has 1 atom stereocenters. The molecule has 0 aliphatic carbocycles. The van der Waals surface area contributed by atoms with Gasteiger partial charge in [-0.3, -0.25) is 0 Å². The summed E-state index contributed by atoms with van der Waals surface area (Å²) in [5, 5.41) is 7.32. The van der Waals surface area contributed by atoms with Gasteiger partial charge in [0.25, 0.3) is 0 Å². The zero-order valence-electron chi connectivity index (χ0n) is 7.31. The molecule has 1 heterocycles. The molecule has 0 aliphatic heterocycles. The lowest BCUT2D eigenvalue weighted by atomic mass is 10.4. The molecule has 5 nitrogen and oxygen atoms in total. The number of halogens is 1. The molecule has 0 aliphatic rings. The van der Waals surface area contributed by atoms with Crippen LogP contribution in [0.3, 0.4) is 0 Å². The Balaban J connectivity index is 2.81. The molecule has 1 unspecified atom stereocenters. The fourth-order valence-corrected chi connectivity index (χ4v) is 2.33. The summed E-state index contributed by atoms with van der Waals surface area (Å²) in [6.07, 6.45) is 2.60. The topological polar surface area (TPSA) is 64.8 Å². The van der Waals surface area contributed by atoms with Crippen LogP contribution in [0.15, 0.2) is 6.33 Å². The van der Waals surface area contributed by atoms with Crippen molar-refractivity contribution < 1.29 is 8.42 Å². The van der Waals surface area contributed by atoms with E-state index in [9.17, 15) is 8.42 Å². The molecule has 7 heteroatoms. The molecule has 74 valence electrons. The maximum Gasteiger partial charge on any atom is 0.225 e. The quantitative estimate of drug-likeness (QED) is 0.750. The summed E-state index contributed by atoms with van der Waals surface area (Å²) in [6, 6.07) is -0.238. The first-order valence-corrected chi connectivity index (χ1v) is 6.07. The average Bonchev–Trinajstić information content (AvgIpc) is 2.30. The number of nitrogens with zero attached hydrogens (tertiary/aromatic N) is 3. The van der Waals surface area contributed by atoms with E-state index in [4.69, 9.17) is 11.6 Å². The van der Waals surface area contributed by atoms with Crippen LogP contribution in [0.4, 0.5) is 0 Å². The van der Waals surface area contributed by atoms with E-state index in [2.05, 4.69) is 10.2 Å². The maximum atomic E-state index is 11.0. The van der Waals surface area contributed by atoms with Crippen LogP contribution in [-0.2, 0) is 9.84 Å². The van der Waals surface area contributed by atoms with Crippen molar-refractivity contribution in [2.24, 2.45) is 0 Å². The minimum Gasteiger partial charge on any atom is -0.301 e. The van der Waals surface area contributed by atoms with Crippen LogP contribution in [0.25, 0.3) is 0 Å². The fourth-order valence-electron chi connectivity index (χ4n) is 1.04. The zero-order chi connectivity index (χ0) is 10.1. The minimum atomic E-state index is -3.00. The average molecular weight is 224 g/mol. The van der Waals surface area contributed by atoms with Gasteiger partial charge in [-0.15, -0.1) is 10.2 Å². The normalized spacial score (nSPS) is 14.4. The smallest absolute Gasteiger partial charge is 0.225 e. The van der Waals surface area contributed by atoms with Gasteiger partial charge >= 0.3 is 0 Å². The Morgan fingerprint density at radius 2 is 2.31 bits per heavy atom. The summed E-state index contributed by atoms with van der Waals surface area (Å²) < 4.78 is 23.4. The van der Waals surface area contributed by atoms with Crippen LogP contribution in [-0.4, -0.2) is 35.2 Å². The predicted molar refractivity (Wildman–Crippen MR) is 49.5 cm³/mol. The highest BCUT2D eigenvalue weighted by molar-refractivity contribution is 7.90. The Morgan fingerprint density at radius 3 is 2.69 bits per heavy atom. The zero-order valence-corrected chi connectivity index (χ0v) is 8.88. The highest BCUT2D eigenvalue weighted by atomic mass is 35.5. The number of hydrogen-bond donors (Lipinski definition) is 0. The van der Waals surface area contributed by atoms with Crippen LogP contribution in [0.5, 0.6) is 0 Å². The SMILES string of the molecule is CC(CS(C)(=O)=O)n1cnnc1Cl. The molecule has 1 rings (SSSR count). The van der Waals surface area contributed by atoms with E-state index in [-0.39, 0.29) is 17.1 Å².